The van der Waals surface area contributed by atoms with Crippen molar-refractivity contribution in [1.82, 2.24) is 10.2 Å². The average Bonchev–Trinajstić information content (AvgIpc) is 2.67. The molecule has 2 heterocycles. The van der Waals surface area contributed by atoms with E-state index in [4.69, 9.17) is 0 Å². The summed E-state index contributed by atoms with van der Waals surface area (Å²) in [6.07, 6.45) is 4.82. The largest absolute Gasteiger partial charge is 0.339 e. The summed E-state index contributed by atoms with van der Waals surface area (Å²) >= 11 is 4.06. The molecule has 1 N–H and O–H groups in total. The quantitative estimate of drug-likeness (QED) is 0.791. The van der Waals surface area contributed by atoms with Crippen molar-refractivity contribution < 1.29 is 4.79 Å². The summed E-state index contributed by atoms with van der Waals surface area (Å²) in [5.74, 6) is 3.48. The molecular weight excluding hydrogens is 372 g/mol. The number of piperidine rings is 1. The number of likely N-dealkylation sites (tertiary alicyclic amines) is 1. The molecule has 0 aliphatic carbocycles. The normalized spacial score (nSPS) is 19.5. The second kappa shape index (κ2) is 10.7. The fourth-order valence-electron chi connectivity index (χ4n) is 3.42. The lowest BCUT2D eigenvalue weighted by Gasteiger charge is -2.32. The van der Waals surface area contributed by atoms with Gasteiger partial charge in [0.25, 0.3) is 5.91 Å². The Labute approximate surface area is 166 Å². The van der Waals surface area contributed by atoms with Crippen molar-refractivity contribution in [2.75, 3.05) is 38.2 Å². The van der Waals surface area contributed by atoms with Crippen LogP contribution in [0.3, 0.4) is 0 Å². The molecule has 0 radical (unpaired) electrons. The number of carbonyl (C=O) groups is 1. The van der Waals surface area contributed by atoms with Gasteiger partial charge in [0.1, 0.15) is 0 Å². The molecule has 0 spiro atoms. The first-order valence-corrected chi connectivity index (χ1v) is 11.1. The Kier molecular flexibility index (Phi) is 8.97. The molecule has 2 fully saturated rings. The molecule has 1 aromatic rings. The zero-order chi connectivity index (χ0) is 16.8. The van der Waals surface area contributed by atoms with Crippen LogP contribution in [-0.2, 0) is 0 Å². The molecule has 2 aliphatic rings. The first-order valence-electron chi connectivity index (χ1n) is 9.05. The molecule has 2 aliphatic heterocycles. The van der Waals surface area contributed by atoms with Crippen molar-refractivity contribution in [2.45, 2.75) is 30.3 Å². The van der Waals surface area contributed by atoms with Crippen LogP contribution in [0.2, 0.25) is 0 Å². The molecule has 3 rings (SSSR count). The fourth-order valence-corrected chi connectivity index (χ4v) is 6.31. The Balaban J connectivity index is 0.00000225. The number of nitrogens with zero attached hydrogens (tertiary/aromatic N) is 1. The van der Waals surface area contributed by atoms with Crippen LogP contribution in [0.1, 0.15) is 46.2 Å². The molecule has 0 saturated carbocycles. The lowest BCUT2D eigenvalue weighted by molar-refractivity contribution is 0.0687. The molecule has 2 saturated heterocycles. The number of amides is 1. The minimum absolute atomic E-state index is 0. The van der Waals surface area contributed by atoms with Crippen molar-refractivity contribution >= 4 is 41.8 Å². The number of hydrogen-bond donors (Lipinski definition) is 1. The maximum absolute atomic E-state index is 12.7. The van der Waals surface area contributed by atoms with E-state index in [0.29, 0.717) is 4.58 Å². The minimum Gasteiger partial charge on any atom is -0.339 e. The minimum atomic E-state index is 0. The predicted octanol–water partition coefficient (Wildman–Crippen LogP) is 4.44. The maximum Gasteiger partial charge on any atom is 0.253 e. The van der Waals surface area contributed by atoms with Crippen LogP contribution in [0.15, 0.2) is 24.3 Å². The van der Waals surface area contributed by atoms with E-state index in [9.17, 15) is 4.79 Å². The lowest BCUT2D eigenvalue weighted by atomic mass is 9.93. The van der Waals surface area contributed by atoms with E-state index in [-0.39, 0.29) is 18.3 Å². The Hall–Kier alpha value is -0.360. The predicted molar refractivity (Wildman–Crippen MR) is 113 cm³/mol. The summed E-state index contributed by atoms with van der Waals surface area (Å²) in [6, 6.07) is 8.37. The van der Waals surface area contributed by atoms with E-state index >= 15 is 0 Å². The van der Waals surface area contributed by atoms with Crippen LogP contribution in [0, 0.1) is 5.92 Å². The lowest BCUT2D eigenvalue weighted by Crippen LogP contribution is -2.38. The Morgan fingerprint density at radius 3 is 2.40 bits per heavy atom. The molecule has 140 valence electrons. The third kappa shape index (κ3) is 5.81. The zero-order valence-corrected chi connectivity index (χ0v) is 17.4. The number of benzene rings is 1. The molecule has 6 heteroatoms. The average molecular weight is 401 g/mol. The number of rotatable bonds is 5. The third-order valence-corrected chi connectivity index (χ3v) is 7.98. The Morgan fingerprint density at radius 2 is 1.80 bits per heavy atom. The van der Waals surface area contributed by atoms with Crippen LogP contribution in [0.4, 0.5) is 0 Å². The summed E-state index contributed by atoms with van der Waals surface area (Å²) < 4.78 is 0.547. The van der Waals surface area contributed by atoms with Crippen LogP contribution >= 0.6 is 35.9 Å². The third-order valence-electron chi connectivity index (χ3n) is 4.96. The van der Waals surface area contributed by atoms with E-state index in [1.807, 2.05) is 47.6 Å². The molecule has 0 unspecified atom stereocenters. The van der Waals surface area contributed by atoms with Gasteiger partial charge in [0.15, 0.2) is 0 Å². The maximum atomic E-state index is 12.7. The molecule has 0 bridgehead atoms. The van der Waals surface area contributed by atoms with Crippen molar-refractivity contribution in [3.63, 3.8) is 0 Å². The van der Waals surface area contributed by atoms with Gasteiger partial charge < -0.3 is 10.2 Å². The van der Waals surface area contributed by atoms with Crippen LogP contribution < -0.4 is 5.32 Å². The van der Waals surface area contributed by atoms with E-state index in [2.05, 4.69) is 17.4 Å². The van der Waals surface area contributed by atoms with Gasteiger partial charge in [-0.25, -0.2) is 0 Å². The molecule has 1 aromatic carbocycles. The number of halogens is 1. The van der Waals surface area contributed by atoms with Crippen molar-refractivity contribution in [2.24, 2.45) is 5.92 Å². The van der Waals surface area contributed by atoms with Gasteiger partial charge in [-0.2, -0.15) is 0 Å². The van der Waals surface area contributed by atoms with Gasteiger partial charge in [-0.15, -0.1) is 35.9 Å². The second-order valence-electron chi connectivity index (χ2n) is 6.68. The molecule has 0 aromatic heterocycles. The van der Waals surface area contributed by atoms with Crippen molar-refractivity contribution in [1.29, 1.82) is 0 Å². The highest BCUT2D eigenvalue weighted by atomic mass is 35.5. The van der Waals surface area contributed by atoms with Crippen molar-refractivity contribution in [3.8, 4) is 0 Å². The van der Waals surface area contributed by atoms with E-state index < -0.39 is 0 Å². The number of carbonyl (C=O) groups excluding carboxylic acids is 1. The molecule has 3 nitrogen and oxygen atoms in total. The standard InChI is InChI=1S/C19H28N2OS2.ClH/c1-20-10-7-15-8-11-21(12-9-15)18(22)16-3-5-17(6-4-16)19-23-13-2-14-24-19;/h3-6,15,19-20H,2,7-14H2,1H3;1H. The highest BCUT2D eigenvalue weighted by Gasteiger charge is 2.24. The highest BCUT2D eigenvalue weighted by Crippen LogP contribution is 2.43. The monoisotopic (exact) mass is 400 g/mol. The Morgan fingerprint density at radius 1 is 1.16 bits per heavy atom. The van der Waals surface area contributed by atoms with E-state index in [1.165, 1.54) is 29.9 Å². The number of thioether (sulfide) groups is 2. The zero-order valence-electron chi connectivity index (χ0n) is 14.9. The van der Waals surface area contributed by atoms with Gasteiger partial charge in [0, 0.05) is 18.7 Å². The summed E-state index contributed by atoms with van der Waals surface area (Å²) in [7, 11) is 2.01. The SMILES string of the molecule is CNCCC1CCN(C(=O)c2ccc(C3SCCCS3)cc2)CC1.Cl. The molecule has 25 heavy (non-hydrogen) atoms. The van der Waals surface area contributed by atoms with Gasteiger partial charge in [0.2, 0.25) is 0 Å². The van der Waals surface area contributed by atoms with Gasteiger partial charge in [-0.3, -0.25) is 4.79 Å². The smallest absolute Gasteiger partial charge is 0.253 e. The fraction of sp³-hybridized carbons (Fsp3) is 0.632. The van der Waals surface area contributed by atoms with Gasteiger partial charge in [-0.05, 0) is 74.4 Å². The van der Waals surface area contributed by atoms with Crippen molar-refractivity contribution in [3.05, 3.63) is 35.4 Å². The van der Waals surface area contributed by atoms with Gasteiger partial charge in [-0.1, -0.05) is 12.1 Å². The van der Waals surface area contributed by atoms with Gasteiger partial charge >= 0.3 is 0 Å². The van der Waals surface area contributed by atoms with Crippen LogP contribution in [0.5, 0.6) is 0 Å². The van der Waals surface area contributed by atoms with Gasteiger partial charge in [0.05, 0.1) is 4.58 Å². The number of hydrogen-bond acceptors (Lipinski definition) is 4. The summed E-state index contributed by atoms with van der Waals surface area (Å²) in [4.78, 5) is 14.7. The summed E-state index contributed by atoms with van der Waals surface area (Å²) in [5.41, 5.74) is 2.20. The Bertz CT molecular complexity index is 527. The highest BCUT2D eigenvalue weighted by molar-refractivity contribution is 8.16. The summed E-state index contributed by atoms with van der Waals surface area (Å²) in [5, 5.41) is 3.22. The first-order chi connectivity index (χ1) is 11.8. The molecule has 1 amide bonds. The summed E-state index contributed by atoms with van der Waals surface area (Å²) in [6.45, 7) is 2.89. The van der Waals surface area contributed by atoms with E-state index in [0.717, 1.165) is 44.0 Å². The van der Waals surface area contributed by atoms with Crippen LogP contribution in [0.25, 0.3) is 0 Å². The van der Waals surface area contributed by atoms with E-state index in [1.54, 1.807) is 0 Å². The second-order valence-corrected chi connectivity index (χ2v) is 9.40. The van der Waals surface area contributed by atoms with Crippen LogP contribution in [-0.4, -0.2) is 49.0 Å². The molecule has 0 atom stereocenters. The topological polar surface area (TPSA) is 32.3 Å². The number of nitrogens with one attached hydrogen (secondary N) is 1. The molecular formula is C19H29ClN2OS2. The first kappa shape index (κ1) is 20.9.